The smallest absolute Gasteiger partial charge is 0.161 e. The molecule has 1 aromatic carbocycles. The molecule has 0 aliphatic heterocycles. The normalized spacial score (nSPS) is 13.8. The van der Waals surface area contributed by atoms with Crippen LogP contribution in [-0.4, -0.2) is 26.8 Å². The number of hydrogen-bond donors (Lipinski definition) is 1. The van der Waals surface area contributed by atoms with Crippen LogP contribution < -0.4 is 14.8 Å². The summed E-state index contributed by atoms with van der Waals surface area (Å²) in [6, 6.07) is 7.82. The van der Waals surface area contributed by atoms with Crippen LogP contribution in [0.4, 0.5) is 0 Å². The number of rotatable bonds is 10. The van der Waals surface area contributed by atoms with Gasteiger partial charge in [-0.3, -0.25) is 0 Å². The minimum absolute atomic E-state index is 0.298. The molecule has 3 heteroatoms. The molecule has 114 valence electrons. The fourth-order valence-corrected chi connectivity index (χ4v) is 2.48. The van der Waals surface area contributed by atoms with Crippen molar-refractivity contribution in [2.24, 2.45) is 5.41 Å². The summed E-state index contributed by atoms with van der Waals surface area (Å²) in [5.41, 5.74) is 0.298. The quantitative estimate of drug-likeness (QED) is 0.705. The Hall–Kier alpha value is -1.22. The Morgan fingerprint density at radius 3 is 2.40 bits per heavy atom. The van der Waals surface area contributed by atoms with Crippen molar-refractivity contribution in [2.75, 3.05) is 26.8 Å². The molecule has 0 spiro atoms. The van der Waals surface area contributed by atoms with Gasteiger partial charge in [-0.15, -0.1) is 0 Å². The van der Waals surface area contributed by atoms with Gasteiger partial charge in [-0.1, -0.05) is 39.3 Å². The third-order valence-corrected chi connectivity index (χ3v) is 3.69. The van der Waals surface area contributed by atoms with E-state index < -0.39 is 0 Å². The standard InChI is InChI=1S/C17H29NO2/c1-5-11-17(3,14-18-6-2)12-13-20-16-10-8-7-9-15(16)19-4/h7-10,18H,5-6,11-14H2,1-4H3. The molecular weight excluding hydrogens is 250 g/mol. The summed E-state index contributed by atoms with van der Waals surface area (Å²) < 4.78 is 11.2. The van der Waals surface area contributed by atoms with Crippen LogP contribution in [-0.2, 0) is 0 Å². The highest BCUT2D eigenvalue weighted by atomic mass is 16.5. The predicted molar refractivity (Wildman–Crippen MR) is 84.7 cm³/mol. The van der Waals surface area contributed by atoms with Crippen LogP contribution in [0.2, 0.25) is 0 Å². The van der Waals surface area contributed by atoms with E-state index in [1.54, 1.807) is 7.11 Å². The van der Waals surface area contributed by atoms with Gasteiger partial charge in [0.1, 0.15) is 0 Å². The van der Waals surface area contributed by atoms with E-state index in [0.717, 1.165) is 37.6 Å². The molecule has 0 saturated heterocycles. The molecule has 0 bridgehead atoms. The van der Waals surface area contributed by atoms with Crippen LogP contribution in [0.1, 0.15) is 40.0 Å². The first-order valence-corrected chi connectivity index (χ1v) is 7.61. The van der Waals surface area contributed by atoms with Crippen molar-refractivity contribution < 1.29 is 9.47 Å². The Bertz CT molecular complexity index is 381. The van der Waals surface area contributed by atoms with Crippen LogP contribution in [0.5, 0.6) is 11.5 Å². The van der Waals surface area contributed by atoms with Crippen LogP contribution in [0.25, 0.3) is 0 Å². The minimum Gasteiger partial charge on any atom is -0.493 e. The molecule has 1 aromatic rings. The summed E-state index contributed by atoms with van der Waals surface area (Å²) in [5, 5.41) is 3.46. The van der Waals surface area contributed by atoms with Gasteiger partial charge in [-0.2, -0.15) is 0 Å². The largest absolute Gasteiger partial charge is 0.493 e. The zero-order valence-corrected chi connectivity index (χ0v) is 13.4. The summed E-state index contributed by atoms with van der Waals surface area (Å²) in [4.78, 5) is 0. The van der Waals surface area contributed by atoms with Gasteiger partial charge in [0.05, 0.1) is 13.7 Å². The summed E-state index contributed by atoms with van der Waals surface area (Å²) in [7, 11) is 1.68. The molecule has 0 amide bonds. The lowest BCUT2D eigenvalue weighted by Crippen LogP contribution is -2.33. The number of benzene rings is 1. The molecule has 1 N–H and O–H groups in total. The maximum atomic E-state index is 5.90. The monoisotopic (exact) mass is 279 g/mol. The molecule has 1 unspecified atom stereocenters. The van der Waals surface area contributed by atoms with E-state index in [1.807, 2.05) is 24.3 Å². The number of para-hydroxylation sites is 2. The molecular formula is C17H29NO2. The fourth-order valence-electron chi connectivity index (χ4n) is 2.48. The Morgan fingerprint density at radius 1 is 1.10 bits per heavy atom. The van der Waals surface area contributed by atoms with Gasteiger partial charge in [0, 0.05) is 6.54 Å². The number of methoxy groups -OCH3 is 1. The Kier molecular flexibility index (Phi) is 7.45. The summed E-state index contributed by atoms with van der Waals surface area (Å²) in [6.07, 6.45) is 3.47. The number of hydrogen-bond acceptors (Lipinski definition) is 3. The Morgan fingerprint density at radius 2 is 1.80 bits per heavy atom. The zero-order chi connectivity index (χ0) is 14.8. The topological polar surface area (TPSA) is 30.5 Å². The lowest BCUT2D eigenvalue weighted by molar-refractivity contribution is 0.190. The van der Waals surface area contributed by atoms with E-state index in [2.05, 4.69) is 26.1 Å². The van der Waals surface area contributed by atoms with E-state index in [1.165, 1.54) is 12.8 Å². The Balaban J connectivity index is 2.51. The molecule has 0 aliphatic rings. The second-order valence-corrected chi connectivity index (χ2v) is 5.59. The molecule has 1 rings (SSSR count). The van der Waals surface area contributed by atoms with Crippen LogP contribution in [0.3, 0.4) is 0 Å². The second kappa shape index (κ2) is 8.85. The van der Waals surface area contributed by atoms with Crippen molar-refractivity contribution in [1.82, 2.24) is 5.32 Å². The SMILES string of the molecule is CCCC(C)(CCOc1ccccc1OC)CNCC. The Labute approximate surface area is 123 Å². The summed E-state index contributed by atoms with van der Waals surface area (Å²) in [6.45, 7) is 9.52. The van der Waals surface area contributed by atoms with E-state index >= 15 is 0 Å². The molecule has 0 fully saturated rings. The van der Waals surface area contributed by atoms with Crippen molar-refractivity contribution in [3.8, 4) is 11.5 Å². The van der Waals surface area contributed by atoms with Gasteiger partial charge in [0.2, 0.25) is 0 Å². The minimum atomic E-state index is 0.298. The molecule has 0 aromatic heterocycles. The van der Waals surface area contributed by atoms with Crippen molar-refractivity contribution >= 4 is 0 Å². The first kappa shape index (κ1) is 16.8. The number of ether oxygens (including phenoxy) is 2. The molecule has 0 radical (unpaired) electrons. The van der Waals surface area contributed by atoms with Gasteiger partial charge >= 0.3 is 0 Å². The first-order valence-electron chi connectivity index (χ1n) is 7.61. The van der Waals surface area contributed by atoms with Crippen LogP contribution >= 0.6 is 0 Å². The predicted octanol–water partition coefficient (Wildman–Crippen LogP) is 3.88. The summed E-state index contributed by atoms with van der Waals surface area (Å²) >= 11 is 0. The average Bonchev–Trinajstić information content (AvgIpc) is 2.46. The van der Waals surface area contributed by atoms with Crippen molar-refractivity contribution in [3.05, 3.63) is 24.3 Å². The molecule has 1 atom stereocenters. The molecule has 0 heterocycles. The fraction of sp³-hybridized carbons (Fsp3) is 0.647. The molecule has 0 saturated carbocycles. The highest BCUT2D eigenvalue weighted by Gasteiger charge is 2.22. The van der Waals surface area contributed by atoms with Gasteiger partial charge in [0.15, 0.2) is 11.5 Å². The van der Waals surface area contributed by atoms with Crippen molar-refractivity contribution in [2.45, 2.75) is 40.0 Å². The van der Waals surface area contributed by atoms with E-state index in [4.69, 9.17) is 9.47 Å². The van der Waals surface area contributed by atoms with E-state index in [-0.39, 0.29) is 0 Å². The highest BCUT2D eigenvalue weighted by Crippen LogP contribution is 2.29. The third kappa shape index (κ3) is 5.41. The maximum absolute atomic E-state index is 5.90. The van der Waals surface area contributed by atoms with Crippen molar-refractivity contribution in [1.29, 1.82) is 0 Å². The second-order valence-electron chi connectivity index (χ2n) is 5.59. The summed E-state index contributed by atoms with van der Waals surface area (Å²) in [5.74, 6) is 1.63. The molecule has 20 heavy (non-hydrogen) atoms. The van der Waals surface area contributed by atoms with Gasteiger partial charge in [0.25, 0.3) is 0 Å². The highest BCUT2D eigenvalue weighted by molar-refractivity contribution is 5.39. The zero-order valence-electron chi connectivity index (χ0n) is 13.4. The van der Waals surface area contributed by atoms with Gasteiger partial charge in [-0.25, -0.2) is 0 Å². The van der Waals surface area contributed by atoms with Gasteiger partial charge < -0.3 is 14.8 Å². The van der Waals surface area contributed by atoms with Gasteiger partial charge in [-0.05, 0) is 36.9 Å². The molecule has 0 aliphatic carbocycles. The van der Waals surface area contributed by atoms with Crippen molar-refractivity contribution in [3.63, 3.8) is 0 Å². The average molecular weight is 279 g/mol. The first-order chi connectivity index (χ1) is 9.65. The molecule has 3 nitrogen and oxygen atoms in total. The third-order valence-electron chi connectivity index (χ3n) is 3.69. The maximum Gasteiger partial charge on any atom is 0.161 e. The lowest BCUT2D eigenvalue weighted by Gasteiger charge is -2.29. The van der Waals surface area contributed by atoms with E-state index in [9.17, 15) is 0 Å². The van der Waals surface area contributed by atoms with Crippen LogP contribution in [0.15, 0.2) is 24.3 Å². The van der Waals surface area contributed by atoms with Crippen LogP contribution in [0, 0.1) is 5.41 Å². The van der Waals surface area contributed by atoms with E-state index in [0.29, 0.717) is 5.41 Å². The number of nitrogens with one attached hydrogen (secondary N) is 1. The lowest BCUT2D eigenvalue weighted by atomic mass is 9.82.